The van der Waals surface area contributed by atoms with E-state index in [1.165, 1.54) is 19.2 Å². The molecule has 1 saturated heterocycles. The highest BCUT2D eigenvalue weighted by Gasteiger charge is 2.31. The summed E-state index contributed by atoms with van der Waals surface area (Å²) >= 11 is 0. The molecule has 20 heavy (non-hydrogen) atoms. The maximum atomic E-state index is 10.8. The van der Waals surface area contributed by atoms with Gasteiger partial charge >= 0.3 is 0 Å². The number of ether oxygens (including phenoxy) is 2. The van der Waals surface area contributed by atoms with Gasteiger partial charge in [0, 0.05) is 32.2 Å². The summed E-state index contributed by atoms with van der Waals surface area (Å²) < 4.78 is 10.2. The lowest BCUT2D eigenvalue weighted by atomic mass is 10.0. The SMILES string of the molecule is COc1cc(CNCC2(O)CCOC2)cc([N+](=O)[O-])c1. The first-order chi connectivity index (χ1) is 9.52. The Balaban J connectivity index is 1.98. The fraction of sp³-hybridized carbons (Fsp3) is 0.538. The molecule has 0 aliphatic carbocycles. The van der Waals surface area contributed by atoms with Gasteiger partial charge in [-0.3, -0.25) is 10.1 Å². The highest BCUT2D eigenvalue weighted by atomic mass is 16.6. The van der Waals surface area contributed by atoms with Gasteiger partial charge in [0.05, 0.1) is 24.7 Å². The molecule has 0 bridgehead atoms. The van der Waals surface area contributed by atoms with Gasteiger partial charge in [-0.05, 0) is 11.6 Å². The summed E-state index contributed by atoms with van der Waals surface area (Å²) in [6.45, 7) is 1.68. The van der Waals surface area contributed by atoms with Crippen LogP contribution in [0.4, 0.5) is 5.69 Å². The molecule has 2 N–H and O–H groups in total. The van der Waals surface area contributed by atoms with Crippen LogP contribution >= 0.6 is 0 Å². The van der Waals surface area contributed by atoms with Crippen molar-refractivity contribution in [2.75, 3.05) is 26.9 Å². The van der Waals surface area contributed by atoms with Crippen molar-refractivity contribution < 1.29 is 19.5 Å². The second-order valence-electron chi connectivity index (χ2n) is 4.93. The van der Waals surface area contributed by atoms with Crippen molar-refractivity contribution in [3.8, 4) is 5.75 Å². The summed E-state index contributed by atoms with van der Waals surface area (Å²) in [6, 6.07) is 4.60. The Morgan fingerprint density at radius 2 is 2.35 bits per heavy atom. The van der Waals surface area contributed by atoms with Gasteiger partial charge in [0.2, 0.25) is 0 Å². The van der Waals surface area contributed by atoms with E-state index < -0.39 is 10.5 Å². The Kier molecular flexibility index (Phi) is 4.53. The first-order valence-corrected chi connectivity index (χ1v) is 6.36. The zero-order valence-electron chi connectivity index (χ0n) is 11.3. The van der Waals surface area contributed by atoms with Gasteiger partial charge in [0.1, 0.15) is 11.4 Å². The molecule has 0 spiro atoms. The number of nitro groups is 1. The standard InChI is InChI=1S/C13H18N2O5/c1-19-12-5-10(4-11(6-12)15(17)18)7-14-8-13(16)2-3-20-9-13/h4-6,14,16H,2-3,7-9H2,1H3. The second-order valence-corrected chi connectivity index (χ2v) is 4.93. The minimum Gasteiger partial charge on any atom is -0.496 e. The van der Waals surface area contributed by atoms with Gasteiger partial charge in [-0.2, -0.15) is 0 Å². The van der Waals surface area contributed by atoms with Gasteiger partial charge in [-0.15, -0.1) is 0 Å². The van der Waals surface area contributed by atoms with Crippen molar-refractivity contribution in [2.45, 2.75) is 18.6 Å². The lowest BCUT2D eigenvalue weighted by Gasteiger charge is -2.20. The smallest absolute Gasteiger partial charge is 0.273 e. The van der Waals surface area contributed by atoms with Crippen LogP contribution in [0.3, 0.4) is 0 Å². The molecule has 0 saturated carbocycles. The average Bonchev–Trinajstić information content (AvgIpc) is 2.85. The molecule has 1 aromatic carbocycles. The highest BCUT2D eigenvalue weighted by Crippen LogP contribution is 2.23. The van der Waals surface area contributed by atoms with Crippen LogP contribution in [0.2, 0.25) is 0 Å². The summed E-state index contributed by atoms with van der Waals surface area (Å²) in [6.07, 6.45) is 0.595. The summed E-state index contributed by atoms with van der Waals surface area (Å²) in [5.41, 5.74) is -0.118. The van der Waals surface area contributed by atoms with E-state index >= 15 is 0 Å². The lowest BCUT2D eigenvalue weighted by Crippen LogP contribution is -2.40. The van der Waals surface area contributed by atoms with Crippen LogP contribution in [0.15, 0.2) is 18.2 Å². The van der Waals surface area contributed by atoms with Crippen molar-refractivity contribution >= 4 is 5.69 Å². The maximum Gasteiger partial charge on any atom is 0.273 e. The molecule has 2 rings (SSSR count). The average molecular weight is 282 g/mol. The van der Waals surface area contributed by atoms with Gasteiger partial charge in [-0.1, -0.05) is 0 Å². The van der Waals surface area contributed by atoms with Crippen molar-refractivity contribution in [1.82, 2.24) is 5.32 Å². The number of benzene rings is 1. The van der Waals surface area contributed by atoms with E-state index in [1.54, 1.807) is 6.07 Å². The Morgan fingerprint density at radius 3 is 2.95 bits per heavy atom. The number of nitrogens with zero attached hydrogens (tertiary/aromatic N) is 1. The van der Waals surface area contributed by atoms with E-state index in [2.05, 4.69) is 5.32 Å². The normalized spacial score (nSPS) is 21.9. The van der Waals surface area contributed by atoms with Crippen LogP contribution in [0.5, 0.6) is 5.75 Å². The molecule has 1 atom stereocenters. The van der Waals surface area contributed by atoms with Gasteiger partial charge in [0.25, 0.3) is 5.69 Å². The van der Waals surface area contributed by atoms with E-state index in [4.69, 9.17) is 9.47 Å². The molecule has 7 heteroatoms. The highest BCUT2D eigenvalue weighted by molar-refractivity contribution is 5.42. The Labute approximate surface area is 116 Å². The number of methoxy groups -OCH3 is 1. The van der Waals surface area contributed by atoms with Gasteiger partial charge in [0.15, 0.2) is 0 Å². The number of rotatable bonds is 6. The van der Waals surface area contributed by atoms with Crippen LogP contribution in [-0.4, -0.2) is 42.5 Å². The van der Waals surface area contributed by atoms with Gasteiger partial charge < -0.3 is 19.9 Å². The first-order valence-electron chi connectivity index (χ1n) is 6.36. The van der Waals surface area contributed by atoms with Crippen molar-refractivity contribution in [3.05, 3.63) is 33.9 Å². The lowest BCUT2D eigenvalue weighted by molar-refractivity contribution is -0.385. The molecule has 1 aromatic rings. The Hall–Kier alpha value is -1.70. The van der Waals surface area contributed by atoms with Crippen molar-refractivity contribution in [2.24, 2.45) is 0 Å². The van der Waals surface area contributed by atoms with E-state index in [-0.39, 0.29) is 5.69 Å². The van der Waals surface area contributed by atoms with E-state index in [0.717, 1.165) is 5.56 Å². The summed E-state index contributed by atoms with van der Waals surface area (Å²) in [5, 5.41) is 24.0. The monoisotopic (exact) mass is 282 g/mol. The van der Waals surface area contributed by atoms with Crippen molar-refractivity contribution in [3.63, 3.8) is 0 Å². The van der Waals surface area contributed by atoms with Crippen LogP contribution in [0, 0.1) is 10.1 Å². The van der Waals surface area contributed by atoms with Crippen LogP contribution in [0.1, 0.15) is 12.0 Å². The summed E-state index contributed by atoms with van der Waals surface area (Å²) in [4.78, 5) is 10.4. The molecule has 1 aliphatic rings. The van der Waals surface area contributed by atoms with E-state index in [1.807, 2.05) is 0 Å². The fourth-order valence-electron chi connectivity index (χ4n) is 2.14. The number of nitro benzene ring substituents is 1. The molecule has 1 heterocycles. The molecule has 110 valence electrons. The fourth-order valence-corrected chi connectivity index (χ4v) is 2.14. The molecule has 1 aliphatic heterocycles. The minimum absolute atomic E-state index is 0.0101. The largest absolute Gasteiger partial charge is 0.496 e. The first kappa shape index (κ1) is 14.7. The molecule has 1 fully saturated rings. The number of non-ortho nitro benzene ring substituents is 1. The maximum absolute atomic E-state index is 10.8. The third-order valence-corrected chi connectivity index (χ3v) is 3.26. The Bertz CT molecular complexity index is 486. The van der Waals surface area contributed by atoms with E-state index in [0.29, 0.717) is 38.5 Å². The molecule has 1 unspecified atom stereocenters. The number of hydrogen-bond donors (Lipinski definition) is 2. The molecule has 0 aromatic heterocycles. The van der Waals surface area contributed by atoms with Crippen LogP contribution < -0.4 is 10.1 Å². The summed E-state index contributed by atoms with van der Waals surface area (Å²) in [5.74, 6) is 0.443. The zero-order valence-corrected chi connectivity index (χ0v) is 11.3. The quantitative estimate of drug-likeness (QED) is 0.593. The third kappa shape index (κ3) is 3.66. The second kappa shape index (κ2) is 6.17. The molecule has 0 radical (unpaired) electrons. The van der Waals surface area contributed by atoms with Crippen LogP contribution in [-0.2, 0) is 11.3 Å². The zero-order chi connectivity index (χ0) is 14.6. The molecular weight excluding hydrogens is 264 g/mol. The predicted molar refractivity (Wildman–Crippen MR) is 71.7 cm³/mol. The third-order valence-electron chi connectivity index (χ3n) is 3.26. The molecule has 7 nitrogen and oxygen atoms in total. The van der Waals surface area contributed by atoms with Crippen LogP contribution in [0.25, 0.3) is 0 Å². The number of aliphatic hydroxyl groups is 1. The predicted octanol–water partition coefficient (Wildman–Crippen LogP) is 0.844. The Morgan fingerprint density at radius 1 is 1.55 bits per heavy atom. The molecule has 0 amide bonds. The van der Waals surface area contributed by atoms with Gasteiger partial charge in [-0.25, -0.2) is 0 Å². The number of hydrogen-bond acceptors (Lipinski definition) is 6. The summed E-state index contributed by atoms with van der Waals surface area (Å²) in [7, 11) is 1.47. The number of nitrogens with one attached hydrogen (secondary N) is 1. The molecular formula is C13H18N2O5. The van der Waals surface area contributed by atoms with E-state index in [9.17, 15) is 15.2 Å². The topological polar surface area (TPSA) is 93.9 Å². The van der Waals surface area contributed by atoms with Crippen molar-refractivity contribution in [1.29, 1.82) is 0 Å². The minimum atomic E-state index is -0.842.